The Balaban J connectivity index is 1.81. The fraction of sp³-hybridized carbons (Fsp3) is 0.267. The van der Waals surface area contributed by atoms with Crippen LogP contribution in [0.1, 0.15) is 28.2 Å². The van der Waals surface area contributed by atoms with Crippen LogP contribution in [0.25, 0.3) is 10.2 Å². The van der Waals surface area contributed by atoms with Crippen molar-refractivity contribution in [2.24, 2.45) is 5.84 Å². The lowest BCUT2D eigenvalue weighted by molar-refractivity contribution is 0.916. The van der Waals surface area contributed by atoms with Crippen molar-refractivity contribution < 1.29 is 0 Å². The number of pyridine rings is 1. The second-order valence-electron chi connectivity index (χ2n) is 5.21. The van der Waals surface area contributed by atoms with Gasteiger partial charge in [-0.3, -0.25) is 4.98 Å². The van der Waals surface area contributed by atoms with E-state index in [9.17, 15) is 0 Å². The number of nitrogen functional groups attached to an aromatic ring is 1. The van der Waals surface area contributed by atoms with E-state index in [1.807, 2.05) is 18.3 Å². The number of hydrogen-bond donors (Lipinski definition) is 2. The van der Waals surface area contributed by atoms with Gasteiger partial charge in [-0.1, -0.05) is 6.07 Å². The highest BCUT2D eigenvalue weighted by molar-refractivity contribution is 7.19. The molecule has 0 aliphatic heterocycles. The Morgan fingerprint density at radius 1 is 1.29 bits per heavy atom. The lowest BCUT2D eigenvalue weighted by Gasteiger charge is -2.06. The quantitative estimate of drug-likeness (QED) is 0.573. The van der Waals surface area contributed by atoms with Crippen LogP contribution in [0.4, 0.5) is 5.82 Å². The van der Waals surface area contributed by atoms with Crippen molar-refractivity contribution in [1.82, 2.24) is 15.0 Å². The maximum Gasteiger partial charge on any atom is 0.152 e. The first-order valence-electron chi connectivity index (χ1n) is 7.02. The molecule has 1 aliphatic rings. The minimum absolute atomic E-state index is 0.668. The van der Waals surface area contributed by atoms with Crippen LogP contribution in [0.5, 0.6) is 0 Å². The lowest BCUT2D eigenvalue weighted by Crippen LogP contribution is -2.11. The third-order valence-corrected chi connectivity index (χ3v) is 5.02. The van der Waals surface area contributed by atoms with E-state index in [0.717, 1.165) is 40.3 Å². The maximum absolute atomic E-state index is 5.68. The first-order chi connectivity index (χ1) is 10.3. The predicted octanol–water partition coefficient (Wildman–Crippen LogP) is 2.45. The van der Waals surface area contributed by atoms with Crippen LogP contribution >= 0.6 is 11.3 Å². The number of hydrogen-bond acceptors (Lipinski definition) is 6. The summed E-state index contributed by atoms with van der Waals surface area (Å²) in [7, 11) is 0. The van der Waals surface area contributed by atoms with Crippen molar-refractivity contribution in [3.8, 4) is 0 Å². The summed E-state index contributed by atoms with van der Waals surface area (Å²) in [6.07, 6.45) is 7.76. The number of thiophene rings is 1. The molecular weight excluding hydrogens is 282 g/mol. The molecule has 0 saturated carbocycles. The van der Waals surface area contributed by atoms with Crippen molar-refractivity contribution in [2.75, 3.05) is 5.43 Å². The Kier molecular flexibility index (Phi) is 3.05. The minimum Gasteiger partial charge on any atom is -0.308 e. The standard InChI is InChI=1S/C15H15N5S/c16-20-14-13-10-4-1-5-11(10)21-15(13)19-12(18-14)7-9-3-2-6-17-8-9/h2-3,6,8H,1,4-5,7,16H2,(H,18,19,20). The molecule has 106 valence electrons. The van der Waals surface area contributed by atoms with Gasteiger partial charge in [-0.05, 0) is 36.5 Å². The van der Waals surface area contributed by atoms with Crippen LogP contribution in [0.15, 0.2) is 24.5 Å². The van der Waals surface area contributed by atoms with Gasteiger partial charge in [0.25, 0.3) is 0 Å². The number of anilines is 1. The van der Waals surface area contributed by atoms with Crippen LogP contribution in [-0.4, -0.2) is 15.0 Å². The van der Waals surface area contributed by atoms with Crippen molar-refractivity contribution >= 4 is 27.4 Å². The third-order valence-electron chi connectivity index (χ3n) is 3.83. The largest absolute Gasteiger partial charge is 0.308 e. The molecule has 0 saturated heterocycles. The zero-order valence-electron chi connectivity index (χ0n) is 11.5. The van der Waals surface area contributed by atoms with Crippen LogP contribution in [0.3, 0.4) is 0 Å². The normalized spacial score (nSPS) is 13.6. The zero-order chi connectivity index (χ0) is 14.2. The Morgan fingerprint density at radius 3 is 3.05 bits per heavy atom. The average molecular weight is 297 g/mol. The van der Waals surface area contributed by atoms with Crippen molar-refractivity contribution in [3.63, 3.8) is 0 Å². The van der Waals surface area contributed by atoms with Gasteiger partial charge in [0.15, 0.2) is 5.82 Å². The van der Waals surface area contributed by atoms with E-state index in [1.165, 1.54) is 16.9 Å². The number of nitrogens with two attached hydrogens (primary N) is 1. The fourth-order valence-corrected chi connectivity index (χ4v) is 4.19. The molecule has 21 heavy (non-hydrogen) atoms. The first-order valence-corrected chi connectivity index (χ1v) is 7.83. The summed E-state index contributed by atoms with van der Waals surface area (Å²) in [5.41, 5.74) is 5.24. The molecule has 0 atom stereocenters. The van der Waals surface area contributed by atoms with Gasteiger partial charge >= 0.3 is 0 Å². The average Bonchev–Trinajstić information content (AvgIpc) is 3.07. The molecule has 1 aliphatic carbocycles. The van der Waals surface area contributed by atoms with Crippen LogP contribution < -0.4 is 11.3 Å². The highest BCUT2D eigenvalue weighted by atomic mass is 32.1. The van der Waals surface area contributed by atoms with Gasteiger partial charge in [0, 0.05) is 23.7 Å². The monoisotopic (exact) mass is 297 g/mol. The number of aromatic nitrogens is 3. The van der Waals surface area contributed by atoms with Crippen molar-refractivity contribution in [2.45, 2.75) is 25.7 Å². The van der Waals surface area contributed by atoms with Crippen LogP contribution in [0, 0.1) is 0 Å². The van der Waals surface area contributed by atoms with Gasteiger partial charge in [-0.2, -0.15) is 0 Å². The number of hydrazine groups is 1. The summed E-state index contributed by atoms with van der Waals surface area (Å²) in [6.45, 7) is 0. The van der Waals surface area contributed by atoms with Gasteiger partial charge in [0.1, 0.15) is 10.7 Å². The molecule has 3 aromatic heterocycles. The molecule has 6 heteroatoms. The number of nitrogens with one attached hydrogen (secondary N) is 1. The molecule has 0 aromatic carbocycles. The summed E-state index contributed by atoms with van der Waals surface area (Å²) < 4.78 is 0. The molecule has 3 N–H and O–H groups in total. The zero-order valence-corrected chi connectivity index (χ0v) is 12.3. The Hall–Kier alpha value is -2.05. The highest BCUT2D eigenvalue weighted by Gasteiger charge is 2.22. The summed E-state index contributed by atoms with van der Waals surface area (Å²) in [4.78, 5) is 15.9. The lowest BCUT2D eigenvalue weighted by atomic mass is 10.1. The second-order valence-corrected chi connectivity index (χ2v) is 6.29. The smallest absolute Gasteiger partial charge is 0.152 e. The number of nitrogens with zero attached hydrogens (tertiary/aromatic N) is 3. The van der Waals surface area contributed by atoms with Crippen molar-refractivity contribution in [3.05, 3.63) is 46.4 Å². The van der Waals surface area contributed by atoms with E-state index >= 15 is 0 Å². The van der Waals surface area contributed by atoms with Gasteiger partial charge in [-0.25, -0.2) is 15.8 Å². The molecule has 0 fully saturated rings. The Bertz CT molecular complexity index is 797. The van der Waals surface area contributed by atoms with E-state index in [1.54, 1.807) is 17.5 Å². The SMILES string of the molecule is NNc1nc(Cc2cccnc2)nc2sc3c(c12)CCC3. The Labute approximate surface area is 126 Å². The number of aryl methyl sites for hydroxylation is 2. The molecule has 0 radical (unpaired) electrons. The van der Waals surface area contributed by atoms with E-state index < -0.39 is 0 Å². The van der Waals surface area contributed by atoms with E-state index in [4.69, 9.17) is 10.8 Å². The molecule has 3 aromatic rings. The van der Waals surface area contributed by atoms with Gasteiger partial charge in [0.2, 0.25) is 0 Å². The summed E-state index contributed by atoms with van der Waals surface area (Å²) in [6, 6.07) is 3.96. The molecule has 0 amide bonds. The molecule has 3 heterocycles. The Morgan fingerprint density at radius 2 is 2.24 bits per heavy atom. The van der Waals surface area contributed by atoms with E-state index in [0.29, 0.717) is 6.42 Å². The fourth-order valence-electron chi connectivity index (χ4n) is 2.91. The molecule has 4 rings (SSSR count). The topological polar surface area (TPSA) is 76.7 Å². The second kappa shape index (κ2) is 5.05. The summed E-state index contributed by atoms with van der Waals surface area (Å²) in [5.74, 6) is 7.21. The first kappa shape index (κ1) is 12.7. The maximum atomic E-state index is 5.68. The summed E-state index contributed by atoms with van der Waals surface area (Å²) >= 11 is 1.78. The molecule has 0 spiro atoms. The molecular formula is C15H15N5S. The molecule has 0 bridgehead atoms. The van der Waals surface area contributed by atoms with Crippen molar-refractivity contribution in [1.29, 1.82) is 0 Å². The highest BCUT2D eigenvalue weighted by Crippen LogP contribution is 2.39. The van der Waals surface area contributed by atoms with Gasteiger partial charge in [-0.15, -0.1) is 11.3 Å². The van der Waals surface area contributed by atoms with E-state index in [-0.39, 0.29) is 0 Å². The number of fused-ring (bicyclic) bond motifs is 3. The molecule has 0 unspecified atom stereocenters. The van der Waals surface area contributed by atoms with Gasteiger partial charge < -0.3 is 5.43 Å². The summed E-state index contributed by atoms with van der Waals surface area (Å²) in [5, 5.41) is 1.12. The third kappa shape index (κ3) is 2.16. The number of rotatable bonds is 3. The molecule has 5 nitrogen and oxygen atoms in total. The van der Waals surface area contributed by atoms with Crippen LogP contribution in [0.2, 0.25) is 0 Å². The predicted molar refractivity (Wildman–Crippen MR) is 84.3 cm³/mol. The van der Waals surface area contributed by atoms with Crippen LogP contribution in [-0.2, 0) is 19.3 Å². The van der Waals surface area contributed by atoms with Gasteiger partial charge in [0.05, 0.1) is 5.39 Å². The van der Waals surface area contributed by atoms with E-state index in [2.05, 4.69) is 15.4 Å². The minimum atomic E-state index is 0.668.